The molecule has 0 aromatic heterocycles. The van der Waals surface area contributed by atoms with Crippen molar-refractivity contribution in [2.75, 3.05) is 19.6 Å². The Kier molecular flexibility index (Phi) is 6.43. The number of hydrogen-bond donors (Lipinski definition) is 1. The Labute approximate surface area is 163 Å². The Morgan fingerprint density at radius 3 is 2.48 bits per heavy atom. The van der Waals surface area contributed by atoms with E-state index < -0.39 is 5.54 Å². The molecule has 1 spiro atoms. The number of nitrogens with one attached hydrogen (secondary N) is 1. The van der Waals surface area contributed by atoms with E-state index >= 15 is 0 Å². The number of nitrogens with zero attached hydrogens (tertiary/aromatic N) is 2. The highest BCUT2D eigenvalue weighted by Gasteiger charge is 2.52. The van der Waals surface area contributed by atoms with Crippen LogP contribution in [0, 0.1) is 11.8 Å². The third kappa shape index (κ3) is 4.30. The van der Waals surface area contributed by atoms with Crippen molar-refractivity contribution in [3.05, 3.63) is 0 Å². The van der Waals surface area contributed by atoms with Crippen molar-refractivity contribution in [1.29, 1.82) is 0 Å². The Balaban J connectivity index is 1.58. The predicted molar refractivity (Wildman–Crippen MR) is 104 cm³/mol. The van der Waals surface area contributed by atoms with Crippen molar-refractivity contribution < 1.29 is 14.4 Å². The Morgan fingerprint density at radius 2 is 1.81 bits per heavy atom. The van der Waals surface area contributed by atoms with Gasteiger partial charge in [0, 0.05) is 13.1 Å². The second kappa shape index (κ2) is 8.61. The minimum absolute atomic E-state index is 0.0880. The van der Waals surface area contributed by atoms with Crippen LogP contribution >= 0.6 is 0 Å². The molecule has 3 rings (SSSR count). The molecule has 3 aliphatic rings. The Hall–Kier alpha value is -1.59. The summed E-state index contributed by atoms with van der Waals surface area (Å²) >= 11 is 0. The Bertz CT molecular complexity index is 569. The van der Waals surface area contributed by atoms with Gasteiger partial charge in [0.2, 0.25) is 5.91 Å². The third-order valence-electron chi connectivity index (χ3n) is 6.97. The van der Waals surface area contributed by atoms with Gasteiger partial charge in [0.15, 0.2) is 0 Å². The molecule has 1 saturated carbocycles. The van der Waals surface area contributed by atoms with Crippen LogP contribution in [0.1, 0.15) is 78.1 Å². The highest BCUT2D eigenvalue weighted by molar-refractivity contribution is 6.09. The molecule has 1 N–H and O–H groups in total. The lowest BCUT2D eigenvalue weighted by Gasteiger charge is -2.34. The van der Waals surface area contributed by atoms with Gasteiger partial charge in [-0.05, 0) is 56.8 Å². The Morgan fingerprint density at radius 1 is 1.07 bits per heavy atom. The van der Waals surface area contributed by atoms with E-state index in [0.717, 1.165) is 45.2 Å². The number of amides is 4. The van der Waals surface area contributed by atoms with E-state index in [2.05, 4.69) is 19.2 Å². The second-order valence-electron chi connectivity index (χ2n) is 8.72. The van der Waals surface area contributed by atoms with E-state index in [1.54, 1.807) is 0 Å². The van der Waals surface area contributed by atoms with Crippen molar-refractivity contribution in [3.8, 4) is 0 Å². The van der Waals surface area contributed by atoms with E-state index in [1.807, 2.05) is 4.90 Å². The fourth-order valence-electron chi connectivity index (χ4n) is 5.08. The smallest absolute Gasteiger partial charge is 0.325 e. The van der Waals surface area contributed by atoms with E-state index in [-0.39, 0.29) is 24.4 Å². The minimum atomic E-state index is -0.756. The molecular formula is C21H35N3O3. The molecule has 0 radical (unpaired) electrons. The van der Waals surface area contributed by atoms with Gasteiger partial charge in [-0.3, -0.25) is 14.5 Å². The molecular weight excluding hydrogens is 342 g/mol. The monoisotopic (exact) mass is 377 g/mol. The number of hydrogen-bond acceptors (Lipinski definition) is 3. The van der Waals surface area contributed by atoms with Gasteiger partial charge in [-0.1, -0.05) is 33.1 Å². The van der Waals surface area contributed by atoms with Crippen LogP contribution in [0.15, 0.2) is 0 Å². The lowest BCUT2D eigenvalue weighted by molar-refractivity contribution is -0.139. The number of urea groups is 1. The van der Waals surface area contributed by atoms with Gasteiger partial charge < -0.3 is 10.2 Å². The fourth-order valence-corrected chi connectivity index (χ4v) is 5.08. The molecule has 27 heavy (non-hydrogen) atoms. The van der Waals surface area contributed by atoms with Crippen LogP contribution in [0.2, 0.25) is 0 Å². The van der Waals surface area contributed by atoms with Crippen molar-refractivity contribution in [2.45, 2.75) is 83.6 Å². The van der Waals surface area contributed by atoms with E-state index in [1.165, 1.54) is 24.2 Å². The maximum absolute atomic E-state index is 13.0. The van der Waals surface area contributed by atoms with Crippen LogP contribution in [0.25, 0.3) is 0 Å². The molecule has 2 aliphatic heterocycles. The number of imide groups is 1. The van der Waals surface area contributed by atoms with Crippen LogP contribution < -0.4 is 5.32 Å². The van der Waals surface area contributed by atoms with Crippen molar-refractivity contribution in [3.63, 3.8) is 0 Å². The van der Waals surface area contributed by atoms with E-state index in [9.17, 15) is 14.4 Å². The van der Waals surface area contributed by atoms with Crippen LogP contribution in [-0.4, -0.2) is 52.8 Å². The van der Waals surface area contributed by atoms with Gasteiger partial charge in [-0.15, -0.1) is 0 Å². The summed E-state index contributed by atoms with van der Waals surface area (Å²) < 4.78 is 0. The number of carbonyl (C=O) groups is 3. The van der Waals surface area contributed by atoms with Gasteiger partial charge in [0.1, 0.15) is 12.1 Å². The van der Waals surface area contributed by atoms with Gasteiger partial charge >= 0.3 is 6.03 Å². The van der Waals surface area contributed by atoms with Crippen molar-refractivity contribution in [2.24, 2.45) is 11.8 Å². The molecule has 6 heteroatoms. The molecule has 1 unspecified atom stereocenters. The maximum atomic E-state index is 13.0. The standard InChI is InChI=1S/C21H35N3O3/c1-3-6-17-7-5-13-23(14-10-17)18(25)15-24-19(26)21(22-20(24)27)11-8-16(4-2)9-12-21/h16-17H,3-15H2,1-2H3,(H,22,27). The first-order valence-electron chi connectivity index (χ1n) is 10.9. The van der Waals surface area contributed by atoms with Crippen LogP contribution in [0.4, 0.5) is 4.79 Å². The van der Waals surface area contributed by atoms with Gasteiger partial charge in [0.05, 0.1) is 0 Å². The highest BCUT2D eigenvalue weighted by Crippen LogP contribution is 2.37. The summed E-state index contributed by atoms with van der Waals surface area (Å²) in [6.45, 7) is 5.76. The average Bonchev–Trinajstić information content (AvgIpc) is 2.84. The minimum Gasteiger partial charge on any atom is -0.341 e. The quantitative estimate of drug-likeness (QED) is 0.747. The SMILES string of the molecule is CCCC1CCCN(C(=O)CN2C(=O)NC3(CCC(CC)CC3)C2=O)CC1. The zero-order chi connectivity index (χ0) is 19.4. The average molecular weight is 378 g/mol. The molecule has 0 bridgehead atoms. The summed E-state index contributed by atoms with van der Waals surface area (Å²) in [7, 11) is 0. The van der Waals surface area contributed by atoms with Crippen molar-refractivity contribution in [1.82, 2.24) is 15.1 Å². The largest absolute Gasteiger partial charge is 0.341 e. The first kappa shape index (κ1) is 20.2. The molecule has 0 aromatic carbocycles. The summed E-state index contributed by atoms with van der Waals surface area (Å²) in [5, 5.41) is 2.92. The molecule has 3 fully saturated rings. The molecule has 4 amide bonds. The summed E-state index contributed by atoms with van der Waals surface area (Å²) in [5.74, 6) is 1.06. The number of rotatable bonds is 5. The first-order chi connectivity index (χ1) is 13.0. The molecule has 2 heterocycles. The topological polar surface area (TPSA) is 69.7 Å². The summed E-state index contributed by atoms with van der Waals surface area (Å²) in [4.78, 5) is 41.2. The normalized spacial score (nSPS) is 31.9. The first-order valence-corrected chi connectivity index (χ1v) is 10.9. The molecule has 1 aliphatic carbocycles. The van der Waals surface area contributed by atoms with Gasteiger partial charge in [-0.2, -0.15) is 0 Å². The molecule has 6 nitrogen and oxygen atoms in total. The lowest BCUT2D eigenvalue weighted by atomic mass is 9.75. The van der Waals surface area contributed by atoms with Gasteiger partial charge in [-0.25, -0.2) is 4.79 Å². The number of likely N-dealkylation sites (tertiary alicyclic amines) is 1. The zero-order valence-electron chi connectivity index (χ0n) is 17.0. The number of carbonyl (C=O) groups excluding carboxylic acids is 3. The zero-order valence-corrected chi connectivity index (χ0v) is 17.0. The van der Waals surface area contributed by atoms with E-state index in [4.69, 9.17) is 0 Å². The third-order valence-corrected chi connectivity index (χ3v) is 6.97. The predicted octanol–water partition coefficient (Wildman–Crippen LogP) is 3.31. The van der Waals surface area contributed by atoms with Gasteiger partial charge in [0.25, 0.3) is 5.91 Å². The fraction of sp³-hybridized carbons (Fsp3) is 0.857. The molecule has 1 atom stereocenters. The summed E-state index contributed by atoms with van der Waals surface area (Å²) in [5.41, 5.74) is -0.756. The molecule has 0 aromatic rings. The summed E-state index contributed by atoms with van der Waals surface area (Å²) in [6.07, 6.45) is 10.1. The van der Waals surface area contributed by atoms with E-state index in [0.29, 0.717) is 24.7 Å². The molecule has 2 saturated heterocycles. The van der Waals surface area contributed by atoms with Crippen molar-refractivity contribution >= 4 is 17.8 Å². The van der Waals surface area contributed by atoms with Crippen LogP contribution in [0.5, 0.6) is 0 Å². The second-order valence-corrected chi connectivity index (χ2v) is 8.72. The summed E-state index contributed by atoms with van der Waals surface area (Å²) in [6, 6.07) is -0.387. The molecule has 152 valence electrons. The highest BCUT2D eigenvalue weighted by atomic mass is 16.2. The maximum Gasteiger partial charge on any atom is 0.325 e. The van der Waals surface area contributed by atoms with Crippen LogP contribution in [-0.2, 0) is 9.59 Å². The van der Waals surface area contributed by atoms with Crippen LogP contribution in [0.3, 0.4) is 0 Å². The lowest BCUT2D eigenvalue weighted by Crippen LogP contribution is -2.50.